The van der Waals surface area contributed by atoms with E-state index in [1.165, 1.54) is 12.1 Å². The smallest absolute Gasteiger partial charge is 0.261 e. The van der Waals surface area contributed by atoms with Crippen LogP contribution in [0.3, 0.4) is 0 Å². The predicted octanol–water partition coefficient (Wildman–Crippen LogP) is 3.62. The summed E-state index contributed by atoms with van der Waals surface area (Å²) in [5.74, 6) is 0.971. The van der Waals surface area contributed by atoms with E-state index < -0.39 is 0 Å². The highest BCUT2D eigenvalue weighted by Crippen LogP contribution is 2.32. The number of carbonyl (C=O) groups excluding carboxylic acids is 1. The molecule has 0 aliphatic carbocycles. The number of hydrogen-bond donors (Lipinski definition) is 0. The van der Waals surface area contributed by atoms with Gasteiger partial charge in [0.1, 0.15) is 17.6 Å². The number of ether oxygens (including phenoxy) is 1. The van der Waals surface area contributed by atoms with Crippen molar-refractivity contribution < 1.29 is 18.4 Å². The van der Waals surface area contributed by atoms with Crippen molar-refractivity contribution >= 4 is 5.91 Å². The number of halogens is 1. The Labute approximate surface area is 155 Å². The van der Waals surface area contributed by atoms with Crippen molar-refractivity contribution in [2.75, 3.05) is 13.2 Å². The number of hydrogen-bond acceptors (Lipinski definition) is 5. The number of carbonyl (C=O) groups is 1. The van der Waals surface area contributed by atoms with E-state index in [2.05, 4.69) is 10.1 Å². The molecule has 1 aliphatic heterocycles. The third-order valence-electron chi connectivity index (χ3n) is 4.51. The summed E-state index contributed by atoms with van der Waals surface area (Å²) in [7, 11) is 0. The van der Waals surface area contributed by atoms with Crippen LogP contribution in [-0.2, 0) is 4.79 Å². The van der Waals surface area contributed by atoms with E-state index in [0.717, 1.165) is 12.8 Å². The molecule has 1 amide bonds. The van der Waals surface area contributed by atoms with Gasteiger partial charge in [0, 0.05) is 12.1 Å². The predicted molar refractivity (Wildman–Crippen MR) is 95.3 cm³/mol. The molecule has 27 heavy (non-hydrogen) atoms. The molecule has 2 heterocycles. The molecular formula is C20H18FN3O3. The van der Waals surface area contributed by atoms with E-state index >= 15 is 0 Å². The first-order valence-electron chi connectivity index (χ1n) is 8.77. The van der Waals surface area contributed by atoms with Gasteiger partial charge in [-0.3, -0.25) is 4.79 Å². The highest BCUT2D eigenvalue weighted by atomic mass is 19.1. The Morgan fingerprint density at radius 2 is 1.96 bits per heavy atom. The molecular weight excluding hydrogens is 349 g/mol. The van der Waals surface area contributed by atoms with Gasteiger partial charge < -0.3 is 14.2 Å². The summed E-state index contributed by atoms with van der Waals surface area (Å²) in [6, 6.07) is 14.8. The minimum Gasteiger partial charge on any atom is -0.484 e. The van der Waals surface area contributed by atoms with Gasteiger partial charge >= 0.3 is 0 Å². The van der Waals surface area contributed by atoms with Crippen molar-refractivity contribution in [2.45, 2.75) is 18.9 Å². The topological polar surface area (TPSA) is 68.5 Å². The van der Waals surface area contributed by atoms with E-state index in [-0.39, 0.29) is 24.4 Å². The SMILES string of the molecule is O=C(COc1ccccc1)N1CCCC1c1nc(-c2ccc(F)cc2)no1. The number of para-hydroxylation sites is 1. The standard InChI is InChI=1S/C20H18FN3O3/c21-15-10-8-14(9-11-15)19-22-20(27-23-19)17-7-4-12-24(17)18(25)13-26-16-5-2-1-3-6-16/h1-3,5-6,8-11,17H,4,7,12-13H2. The van der Waals surface area contributed by atoms with E-state index in [1.54, 1.807) is 17.0 Å². The zero-order valence-electron chi connectivity index (χ0n) is 14.5. The van der Waals surface area contributed by atoms with Crippen molar-refractivity contribution in [1.82, 2.24) is 15.0 Å². The molecule has 138 valence electrons. The molecule has 0 saturated carbocycles. The van der Waals surface area contributed by atoms with Crippen LogP contribution < -0.4 is 4.74 Å². The molecule has 4 rings (SSSR count). The average Bonchev–Trinajstić information content (AvgIpc) is 3.37. The Kier molecular flexibility index (Phi) is 4.82. The fraction of sp³-hybridized carbons (Fsp3) is 0.250. The van der Waals surface area contributed by atoms with Crippen LogP contribution in [0.25, 0.3) is 11.4 Å². The van der Waals surface area contributed by atoms with Gasteiger partial charge in [-0.15, -0.1) is 0 Å². The molecule has 1 atom stereocenters. The Hall–Kier alpha value is -3.22. The molecule has 0 radical (unpaired) electrons. The summed E-state index contributed by atoms with van der Waals surface area (Å²) < 4.78 is 24.0. The van der Waals surface area contributed by atoms with Crippen molar-refractivity contribution in [3.05, 3.63) is 66.3 Å². The quantitative estimate of drug-likeness (QED) is 0.689. The second kappa shape index (κ2) is 7.57. The number of rotatable bonds is 5. The van der Waals surface area contributed by atoms with Crippen molar-refractivity contribution in [3.63, 3.8) is 0 Å². The van der Waals surface area contributed by atoms with Gasteiger partial charge in [0.25, 0.3) is 5.91 Å². The number of amides is 1. The fourth-order valence-corrected chi connectivity index (χ4v) is 3.15. The summed E-state index contributed by atoms with van der Waals surface area (Å²) in [5.41, 5.74) is 0.662. The van der Waals surface area contributed by atoms with Crippen LogP contribution in [0, 0.1) is 5.82 Å². The number of benzene rings is 2. The Morgan fingerprint density at radius 3 is 2.74 bits per heavy atom. The summed E-state index contributed by atoms with van der Waals surface area (Å²) >= 11 is 0. The van der Waals surface area contributed by atoms with Crippen LogP contribution in [0.2, 0.25) is 0 Å². The number of aromatic nitrogens is 2. The zero-order valence-corrected chi connectivity index (χ0v) is 14.5. The van der Waals surface area contributed by atoms with Crippen LogP contribution in [0.15, 0.2) is 59.1 Å². The molecule has 0 N–H and O–H groups in total. The highest BCUT2D eigenvalue weighted by molar-refractivity contribution is 5.78. The maximum atomic E-state index is 13.1. The van der Waals surface area contributed by atoms with Gasteiger partial charge in [0.2, 0.25) is 11.7 Å². The van der Waals surface area contributed by atoms with Gasteiger partial charge in [0.15, 0.2) is 6.61 Å². The summed E-state index contributed by atoms with van der Waals surface area (Å²) in [5, 5.41) is 3.97. The van der Waals surface area contributed by atoms with E-state index in [4.69, 9.17) is 9.26 Å². The first kappa shape index (κ1) is 17.2. The molecule has 6 nitrogen and oxygen atoms in total. The van der Waals surface area contributed by atoms with Crippen molar-refractivity contribution in [2.24, 2.45) is 0 Å². The highest BCUT2D eigenvalue weighted by Gasteiger charge is 2.34. The van der Waals surface area contributed by atoms with Gasteiger partial charge in [-0.05, 0) is 49.2 Å². The Balaban J connectivity index is 1.45. The Bertz CT molecular complexity index is 912. The zero-order chi connectivity index (χ0) is 18.6. The molecule has 1 aromatic heterocycles. The molecule has 1 fully saturated rings. The van der Waals surface area contributed by atoms with Crippen molar-refractivity contribution in [1.29, 1.82) is 0 Å². The van der Waals surface area contributed by atoms with E-state index in [0.29, 0.717) is 29.6 Å². The minimum atomic E-state index is -0.326. The normalized spacial score (nSPS) is 16.5. The summed E-state index contributed by atoms with van der Waals surface area (Å²) in [6.45, 7) is 0.579. The molecule has 1 aliphatic rings. The van der Waals surface area contributed by atoms with Crippen LogP contribution in [0.5, 0.6) is 5.75 Å². The fourth-order valence-electron chi connectivity index (χ4n) is 3.15. The van der Waals surface area contributed by atoms with Gasteiger partial charge in [-0.25, -0.2) is 4.39 Å². The molecule has 0 spiro atoms. The lowest BCUT2D eigenvalue weighted by molar-refractivity contribution is -0.134. The minimum absolute atomic E-state index is 0.0422. The molecule has 1 unspecified atom stereocenters. The average molecular weight is 367 g/mol. The van der Waals surface area contributed by atoms with Gasteiger partial charge in [0.05, 0.1) is 0 Å². The van der Waals surface area contributed by atoms with Crippen LogP contribution in [0.1, 0.15) is 24.8 Å². The van der Waals surface area contributed by atoms with Gasteiger partial charge in [-0.2, -0.15) is 4.98 Å². The third-order valence-corrected chi connectivity index (χ3v) is 4.51. The van der Waals surface area contributed by atoms with Gasteiger partial charge in [-0.1, -0.05) is 23.4 Å². The largest absolute Gasteiger partial charge is 0.484 e. The Morgan fingerprint density at radius 1 is 1.19 bits per heavy atom. The first-order chi connectivity index (χ1) is 13.2. The monoisotopic (exact) mass is 367 g/mol. The molecule has 2 aromatic carbocycles. The molecule has 3 aromatic rings. The second-order valence-corrected chi connectivity index (χ2v) is 6.31. The van der Waals surface area contributed by atoms with E-state index in [1.807, 2.05) is 30.3 Å². The van der Waals surface area contributed by atoms with Crippen LogP contribution in [0.4, 0.5) is 4.39 Å². The molecule has 7 heteroatoms. The maximum Gasteiger partial charge on any atom is 0.261 e. The maximum absolute atomic E-state index is 13.1. The molecule has 1 saturated heterocycles. The lowest BCUT2D eigenvalue weighted by Gasteiger charge is -2.21. The number of nitrogens with zero attached hydrogens (tertiary/aromatic N) is 3. The van der Waals surface area contributed by atoms with Crippen molar-refractivity contribution in [3.8, 4) is 17.1 Å². The third kappa shape index (κ3) is 3.81. The van der Waals surface area contributed by atoms with E-state index in [9.17, 15) is 9.18 Å². The second-order valence-electron chi connectivity index (χ2n) is 6.31. The lowest BCUT2D eigenvalue weighted by Crippen LogP contribution is -2.34. The summed E-state index contributed by atoms with van der Waals surface area (Å²) in [4.78, 5) is 18.7. The number of likely N-dealkylation sites (tertiary alicyclic amines) is 1. The lowest BCUT2D eigenvalue weighted by atomic mass is 10.2. The summed E-state index contributed by atoms with van der Waals surface area (Å²) in [6.07, 6.45) is 1.61. The first-order valence-corrected chi connectivity index (χ1v) is 8.77. The van der Waals surface area contributed by atoms with Crippen LogP contribution >= 0.6 is 0 Å². The van der Waals surface area contributed by atoms with Crippen LogP contribution in [-0.4, -0.2) is 34.1 Å². The molecule has 0 bridgehead atoms.